The van der Waals surface area contributed by atoms with Crippen molar-refractivity contribution in [2.45, 2.75) is 18.5 Å². The fraction of sp³-hybridized carbons (Fsp3) is 0.778. The lowest BCUT2D eigenvalue weighted by molar-refractivity contribution is -0.187. The van der Waals surface area contributed by atoms with Gasteiger partial charge >= 0.3 is 18.1 Å². The second kappa shape index (κ2) is 3.33. The second-order valence-electron chi connectivity index (χ2n) is 4.45. The van der Waals surface area contributed by atoms with Crippen LogP contribution in [0.15, 0.2) is 0 Å². The van der Waals surface area contributed by atoms with Crippen molar-refractivity contribution in [1.82, 2.24) is 4.90 Å². The molecule has 1 saturated heterocycles. The highest BCUT2D eigenvalue weighted by atomic mass is 19.4. The summed E-state index contributed by atoms with van der Waals surface area (Å²) in [5.41, 5.74) is -2.30. The first kappa shape index (κ1) is 13.0. The van der Waals surface area contributed by atoms with Gasteiger partial charge in [0.05, 0.1) is 5.92 Å². The van der Waals surface area contributed by atoms with Crippen molar-refractivity contribution in [2.75, 3.05) is 13.1 Å². The number of carbonyl (C=O) groups is 2. The van der Waals surface area contributed by atoms with Crippen LogP contribution in [0, 0.1) is 11.3 Å². The first-order chi connectivity index (χ1) is 8.05. The number of aliphatic carboxylic acids is 1. The van der Waals surface area contributed by atoms with Gasteiger partial charge in [0.25, 0.3) is 5.92 Å². The number of hydrogen-bond acceptors (Lipinski definition) is 2. The van der Waals surface area contributed by atoms with Gasteiger partial charge in [-0.3, -0.25) is 9.59 Å². The predicted molar refractivity (Wildman–Crippen MR) is 45.8 cm³/mol. The number of hydrogen-bond donors (Lipinski definition) is 1. The molecular formula is C9H8F5NO3. The van der Waals surface area contributed by atoms with E-state index in [9.17, 15) is 31.5 Å². The Morgan fingerprint density at radius 3 is 2.22 bits per heavy atom. The fourth-order valence-corrected chi connectivity index (χ4v) is 2.53. The summed E-state index contributed by atoms with van der Waals surface area (Å²) in [5.74, 6) is -9.22. The standard InChI is InChI=1S/C9H8F5NO3/c10-8(11)4-3-15(5(16)9(12,13)14)2-1-7(4,8)6(17)18/h4H,1-3H2,(H,17,18). The van der Waals surface area contributed by atoms with Crippen LogP contribution in [-0.2, 0) is 9.59 Å². The summed E-state index contributed by atoms with van der Waals surface area (Å²) in [6, 6.07) is 0. The summed E-state index contributed by atoms with van der Waals surface area (Å²) in [6.07, 6.45) is -5.80. The average Bonchev–Trinajstić information content (AvgIpc) is 2.74. The van der Waals surface area contributed by atoms with Crippen molar-refractivity contribution in [2.24, 2.45) is 11.3 Å². The minimum Gasteiger partial charge on any atom is -0.481 e. The normalized spacial score (nSPS) is 33.8. The fourth-order valence-electron chi connectivity index (χ4n) is 2.53. The molecule has 2 aliphatic rings. The number of fused-ring (bicyclic) bond motifs is 1. The third-order valence-electron chi connectivity index (χ3n) is 3.63. The van der Waals surface area contributed by atoms with E-state index < -0.39 is 54.8 Å². The molecule has 0 aromatic rings. The number of carboxylic acids is 1. The molecule has 0 aromatic heterocycles. The van der Waals surface area contributed by atoms with Gasteiger partial charge < -0.3 is 10.0 Å². The predicted octanol–water partition coefficient (Wildman–Crippen LogP) is 1.12. The summed E-state index contributed by atoms with van der Waals surface area (Å²) >= 11 is 0. The summed E-state index contributed by atoms with van der Waals surface area (Å²) in [5, 5.41) is 8.75. The molecule has 0 bridgehead atoms. The summed E-state index contributed by atoms with van der Waals surface area (Å²) in [7, 11) is 0. The highest BCUT2D eigenvalue weighted by Gasteiger charge is 2.86. The highest BCUT2D eigenvalue weighted by Crippen LogP contribution is 2.69. The lowest BCUT2D eigenvalue weighted by Crippen LogP contribution is -2.47. The summed E-state index contributed by atoms with van der Waals surface area (Å²) in [6.45, 7) is -1.51. The van der Waals surface area contributed by atoms with E-state index in [0.29, 0.717) is 0 Å². The maximum atomic E-state index is 13.3. The van der Waals surface area contributed by atoms with Gasteiger partial charge in [-0.1, -0.05) is 0 Å². The molecule has 2 rings (SSSR count). The molecule has 2 unspecified atom stereocenters. The van der Waals surface area contributed by atoms with Crippen molar-refractivity contribution in [3.63, 3.8) is 0 Å². The van der Waals surface area contributed by atoms with Crippen LogP contribution < -0.4 is 0 Å². The van der Waals surface area contributed by atoms with Crippen LogP contribution in [0.2, 0.25) is 0 Å². The molecule has 1 N–H and O–H groups in total. The van der Waals surface area contributed by atoms with Crippen molar-refractivity contribution in [3.05, 3.63) is 0 Å². The molecule has 1 aliphatic heterocycles. The van der Waals surface area contributed by atoms with Crippen molar-refractivity contribution < 1.29 is 36.6 Å². The smallest absolute Gasteiger partial charge is 0.471 e. The quantitative estimate of drug-likeness (QED) is 0.728. The molecule has 102 valence electrons. The minimum absolute atomic E-state index is 0.243. The summed E-state index contributed by atoms with van der Waals surface area (Å²) < 4.78 is 63.1. The Labute approximate surface area is 97.4 Å². The van der Waals surface area contributed by atoms with Crippen molar-refractivity contribution >= 4 is 11.9 Å². The molecular weight excluding hydrogens is 265 g/mol. The zero-order valence-corrected chi connectivity index (χ0v) is 8.80. The number of halogens is 5. The Morgan fingerprint density at radius 2 is 1.83 bits per heavy atom. The van der Waals surface area contributed by atoms with E-state index in [-0.39, 0.29) is 4.90 Å². The van der Waals surface area contributed by atoms with E-state index in [4.69, 9.17) is 5.11 Å². The van der Waals surface area contributed by atoms with Gasteiger partial charge in [-0.15, -0.1) is 0 Å². The molecule has 0 radical (unpaired) electrons. The van der Waals surface area contributed by atoms with Gasteiger partial charge in [-0.25, -0.2) is 8.78 Å². The number of rotatable bonds is 1. The lowest BCUT2D eigenvalue weighted by Gasteiger charge is -2.28. The number of carboxylic acid groups (broad SMARTS) is 1. The first-order valence-electron chi connectivity index (χ1n) is 5.02. The maximum absolute atomic E-state index is 13.3. The van der Waals surface area contributed by atoms with Gasteiger partial charge in [0.15, 0.2) is 0 Å². The van der Waals surface area contributed by atoms with E-state index in [0.717, 1.165) is 0 Å². The van der Waals surface area contributed by atoms with E-state index >= 15 is 0 Å². The van der Waals surface area contributed by atoms with Gasteiger partial charge in [0.2, 0.25) is 0 Å². The van der Waals surface area contributed by atoms with Crippen LogP contribution in [0.5, 0.6) is 0 Å². The largest absolute Gasteiger partial charge is 0.481 e. The molecule has 1 heterocycles. The highest BCUT2D eigenvalue weighted by molar-refractivity contribution is 5.85. The molecule has 9 heteroatoms. The van der Waals surface area contributed by atoms with Gasteiger partial charge in [0.1, 0.15) is 5.41 Å². The molecule has 1 saturated carbocycles. The zero-order chi connectivity index (χ0) is 13.9. The molecule has 18 heavy (non-hydrogen) atoms. The van der Waals surface area contributed by atoms with E-state index in [2.05, 4.69) is 0 Å². The third kappa shape index (κ3) is 1.42. The van der Waals surface area contributed by atoms with Crippen LogP contribution in [-0.4, -0.2) is 47.1 Å². The van der Waals surface area contributed by atoms with Crippen LogP contribution in [0.1, 0.15) is 6.42 Å². The van der Waals surface area contributed by atoms with Gasteiger partial charge in [-0.05, 0) is 6.42 Å². The van der Waals surface area contributed by atoms with Crippen LogP contribution in [0.3, 0.4) is 0 Å². The second-order valence-corrected chi connectivity index (χ2v) is 4.45. The Balaban J connectivity index is 2.16. The number of likely N-dealkylation sites (tertiary alicyclic amines) is 1. The molecule has 4 nitrogen and oxygen atoms in total. The molecule has 1 aliphatic carbocycles. The minimum atomic E-state index is -5.13. The SMILES string of the molecule is O=C(N1CCC2(C(=O)O)C(C1)C2(F)F)C(F)(F)F. The molecule has 0 aromatic carbocycles. The van der Waals surface area contributed by atoms with Crippen LogP contribution in [0.4, 0.5) is 22.0 Å². The molecule has 0 spiro atoms. The molecule has 2 fully saturated rings. The van der Waals surface area contributed by atoms with Gasteiger partial charge in [0, 0.05) is 13.1 Å². The Morgan fingerprint density at radius 1 is 1.28 bits per heavy atom. The van der Waals surface area contributed by atoms with Crippen molar-refractivity contribution in [3.8, 4) is 0 Å². The Kier molecular flexibility index (Phi) is 2.41. The Hall–Kier alpha value is -1.41. The van der Waals surface area contributed by atoms with Crippen molar-refractivity contribution in [1.29, 1.82) is 0 Å². The molecule has 1 amide bonds. The monoisotopic (exact) mass is 273 g/mol. The number of alkyl halides is 5. The van der Waals surface area contributed by atoms with Crippen LogP contribution in [0.25, 0.3) is 0 Å². The van der Waals surface area contributed by atoms with E-state index in [1.165, 1.54) is 0 Å². The maximum Gasteiger partial charge on any atom is 0.471 e. The average molecular weight is 273 g/mol. The van der Waals surface area contributed by atoms with E-state index in [1.807, 2.05) is 0 Å². The number of carbonyl (C=O) groups excluding carboxylic acids is 1. The molecule has 2 atom stereocenters. The third-order valence-corrected chi connectivity index (χ3v) is 3.63. The first-order valence-corrected chi connectivity index (χ1v) is 5.02. The van der Waals surface area contributed by atoms with Gasteiger partial charge in [-0.2, -0.15) is 13.2 Å². The Bertz CT molecular complexity index is 421. The zero-order valence-electron chi connectivity index (χ0n) is 8.80. The van der Waals surface area contributed by atoms with E-state index in [1.54, 1.807) is 0 Å². The topological polar surface area (TPSA) is 57.6 Å². The number of nitrogens with zero attached hydrogens (tertiary/aromatic N) is 1. The number of amides is 1. The lowest BCUT2D eigenvalue weighted by atomic mass is 9.95. The van der Waals surface area contributed by atoms with Crippen LogP contribution >= 0.6 is 0 Å². The number of piperidine rings is 1. The summed E-state index contributed by atoms with van der Waals surface area (Å²) in [4.78, 5) is 21.9.